The highest BCUT2D eigenvalue weighted by molar-refractivity contribution is 5.88. The molecule has 1 unspecified atom stereocenters. The van der Waals surface area contributed by atoms with Gasteiger partial charge in [-0.3, -0.25) is 14.6 Å². The zero-order chi connectivity index (χ0) is 14.3. The summed E-state index contributed by atoms with van der Waals surface area (Å²) in [6, 6.07) is 0. The maximum atomic E-state index is 12.0. The molecular weight excluding hydrogens is 262 g/mol. The van der Waals surface area contributed by atoms with Crippen LogP contribution in [0, 0.1) is 17.8 Å². The number of aromatic amines is 1. The number of nitrogens with zero attached hydrogens (tertiary/aromatic N) is 2. The SMILES string of the molecule is Cn1nc(COC(=O)C2C[C@H]3CC[C@@H](C2)C3=O)[nH]c1=O. The average molecular weight is 279 g/mol. The van der Waals surface area contributed by atoms with Gasteiger partial charge in [0, 0.05) is 18.9 Å². The van der Waals surface area contributed by atoms with Crippen LogP contribution in [0.15, 0.2) is 4.79 Å². The second kappa shape index (κ2) is 4.88. The largest absolute Gasteiger partial charge is 0.457 e. The second-order valence-electron chi connectivity index (χ2n) is 5.65. The van der Waals surface area contributed by atoms with Gasteiger partial charge in [0.2, 0.25) is 0 Å². The molecule has 108 valence electrons. The van der Waals surface area contributed by atoms with Crippen molar-refractivity contribution in [1.82, 2.24) is 14.8 Å². The van der Waals surface area contributed by atoms with E-state index < -0.39 is 0 Å². The number of nitrogens with one attached hydrogen (secondary N) is 1. The number of ether oxygens (including phenoxy) is 1. The van der Waals surface area contributed by atoms with Crippen LogP contribution in [0.5, 0.6) is 0 Å². The van der Waals surface area contributed by atoms with Gasteiger partial charge in [-0.1, -0.05) is 0 Å². The summed E-state index contributed by atoms with van der Waals surface area (Å²) >= 11 is 0. The number of H-pyrrole nitrogens is 1. The van der Waals surface area contributed by atoms with E-state index in [1.807, 2.05) is 0 Å². The zero-order valence-electron chi connectivity index (χ0n) is 11.3. The number of rotatable bonds is 3. The third-order valence-electron chi connectivity index (χ3n) is 4.31. The van der Waals surface area contributed by atoms with Gasteiger partial charge in [-0.2, -0.15) is 5.10 Å². The predicted molar refractivity (Wildman–Crippen MR) is 67.6 cm³/mol. The fourth-order valence-corrected chi connectivity index (χ4v) is 3.24. The van der Waals surface area contributed by atoms with Crippen molar-refractivity contribution in [2.45, 2.75) is 32.3 Å². The number of aromatic nitrogens is 3. The van der Waals surface area contributed by atoms with Crippen LogP contribution in [0.4, 0.5) is 0 Å². The average Bonchev–Trinajstić information content (AvgIpc) is 2.83. The molecule has 2 saturated carbocycles. The van der Waals surface area contributed by atoms with E-state index in [1.165, 1.54) is 7.05 Å². The molecule has 0 amide bonds. The molecular formula is C13H17N3O4. The molecule has 1 heterocycles. The summed E-state index contributed by atoms with van der Waals surface area (Å²) < 4.78 is 6.35. The molecule has 2 fully saturated rings. The molecule has 2 aliphatic carbocycles. The van der Waals surface area contributed by atoms with Crippen molar-refractivity contribution < 1.29 is 14.3 Å². The summed E-state index contributed by atoms with van der Waals surface area (Å²) in [6.07, 6.45) is 3.02. The minimum atomic E-state index is -0.336. The lowest BCUT2D eigenvalue weighted by molar-refractivity contribution is -0.153. The lowest BCUT2D eigenvalue weighted by Gasteiger charge is -2.24. The summed E-state index contributed by atoms with van der Waals surface area (Å²) in [5.41, 5.74) is -0.336. The Hall–Kier alpha value is -1.92. The first-order valence-electron chi connectivity index (χ1n) is 6.87. The molecule has 20 heavy (non-hydrogen) atoms. The fraction of sp³-hybridized carbons (Fsp3) is 0.692. The molecule has 2 bridgehead atoms. The highest BCUT2D eigenvalue weighted by Crippen LogP contribution is 2.42. The lowest BCUT2D eigenvalue weighted by atomic mass is 9.80. The fourth-order valence-electron chi connectivity index (χ4n) is 3.24. The summed E-state index contributed by atoms with van der Waals surface area (Å²) in [7, 11) is 1.52. The number of Topliss-reactive ketones (excluding diaryl/α,β-unsaturated/α-hetero) is 1. The molecule has 1 N–H and O–H groups in total. The van der Waals surface area contributed by atoms with Crippen LogP contribution in [-0.2, 0) is 28.0 Å². The number of ketones is 1. The Balaban J connectivity index is 1.57. The normalized spacial score (nSPS) is 28.6. The Morgan fingerprint density at radius 2 is 2.00 bits per heavy atom. The Labute approximate surface area is 115 Å². The summed E-state index contributed by atoms with van der Waals surface area (Å²) in [5, 5.41) is 3.90. The highest BCUT2D eigenvalue weighted by atomic mass is 16.5. The topological polar surface area (TPSA) is 94.1 Å². The number of carbonyl (C=O) groups is 2. The molecule has 3 rings (SSSR count). The van der Waals surface area contributed by atoms with Gasteiger partial charge in [0.25, 0.3) is 0 Å². The van der Waals surface area contributed by atoms with E-state index in [4.69, 9.17) is 4.74 Å². The van der Waals surface area contributed by atoms with Crippen LogP contribution in [0.3, 0.4) is 0 Å². The van der Waals surface area contributed by atoms with Crippen LogP contribution in [0.2, 0.25) is 0 Å². The maximum Gasteiger partial charge on any atom is 0.343 e. The molecule has 3 atom stereocenters. The summed E-state index contributed by atoms with van der Waals surface area (Å²) in [5.74, 6) is 0.257. The monoisotopic (exact) mass is 279 g/mol. The van der Waals surface area contributed by atoms with Gasteiger partial charge in [0.05, 0.1) is 5.92 Å². The zero-order valence-corrected chi connectivity index (χ0v) is 11.3. The van der Waals surface area contributed by atoms with E-state index in [0.717, 1.165) is 17.5 Å². The first-order chi connectivity index (χ1) is 9.54. The first-order valence-corrected chi connectivity index (χ1v) is 6.87. The van der Waals surface area contributed by atoms with E-state index in [2.05, 4.69) is 10.1 Å². The maximum absolute atomic E-state index is 12.0. The van der Waals surface area contributed by atoms with Crippen molar-refractivity contribution in [3.05, 3.63) is 16.3 Å². The van der Waals surface area contributed by atoms with Crippen molar-refractivity contribution in [3.8, 4) is 0 Å². The molecule has 0 saturated heterocycles. The minimum absolute atomic E-state index is 0.0330. The number of hydrogen-bond acceptors (Lipinski definition) is 5. The molecule has 0 spiro atoms. The molecule has 1 aromatic rings. The van der Waals surface area contributed by atoms with Gasteiger partial charge in [-0.25, -0.2) is 9.48 Å². The van der Waals surface area contributed by atoms with Crippen LogP contribution >= 0.6 is 0 Å². The van der Waals surface area contributed by atoms with E-state index in [1.54, 1.807) is 0 Å². The van der Waals surface area contributed by atoms with Crippen LogP contribution in [0.1, 0.15) is 31.5 Å². The first kappa shape index (κ1) is 13.1. The third-order valence-corrected chi connectivity index (χ3v) is 4.31. The summed E-state index contributed by atoms with van der Waals surface area (Å²) in [4.78, 5) is 37.5. The Bertz CT molecular complexity index is 587. The summed E-state index contributed by atoms with van der Waals surface area (Å²) in [6.45, 7) is -0.0330. The van der Waals surface area contributed by atoms with Crippen molar-refractivity contribution in [1.29, 1.82) is 0 Å². The van der Waals surface area contributed by atoms with Crippen molar-refractivity contribution in [2.75, 3.05) is 0 Å². The Morgan fingerprint density at radius 1 is 1.35 bits per heavy atom. The van der Waals surface area contributed by atoms with E-state index in [0.29, 0.717) is 24.4 Å². The second-order valence-corrected chi connectivity index (χ2v) is 5.65. The lowest BCUT2D eigenvalue weighted by Crippen LogP contribution is -2.31. The molecule has 0 aliphatic heterocycles. The van der Waals surface area contributed by atoms with Crippen molar-refractivity contribution >= 4 is 11.8 Å². The Kier molecular flexibility index (Phi) is 3.19. The van der Waals surface area contributed by atoms with Crippen LogP contribution < -0.4 is 5.69 Å². The number of aryl methyl sites for hydroxylation is 1. The highest BCUT2D eigenvalue weighted by Gasteiger charge is 2.44. The minimum Gasteiger partial charge on any atom is -0.457 e. The molecule has 2 aliphatic rings. The van der Waals surface area contributed by atoms with Gasteiger partial charge < -0.3 is 4.74 Å². The smallest absolute Gasteiger partial charge is 0.343 e. The van der Waals surface area contributed by atoms with E-state index in [9.17, 15) is 14.4 Å². The molecule has 0 radical (unpaired) electrons. The predicted octanol–water partition coefficient (Wildman–Crippen LogP) is 0.157. The van der Waals surface area contributed by atoms with Gasteiger partial charge in [0.15, 0.2) is 12.4 Å². The van der Waals surface area contributed by atoms with Gasteiger partial charge in [-0.15, -0.1) is 0 Å². The van der Waals surface area contributed by atoms with Crippen molar-refractivity contribution in [2.24, 2.45) is 24.8 Å². The van der Waals surface area contributed by atoms with E-state index in [-0.39, 0.29) is 36.0 Å². The van der Waals surface area contributed by atoms with E-state index >= 15 is 0 Å². The molecule has 1 aromatic heterocycles. The number of fused-ring (bicyclic) bond motifs is 2. The van der Waals surface area contributed by atoms with Crippen LogP contribution in [0.25, 0.3) is 0 Å². The molecule has 0 aromatic carbocycles. The van der Waals surface area contributed by atoms with Crippen LogP contribution in [-0.4, -0.2) is 26.5 Å². The van der Waals surface area contributed by atoms with Gasteiger partial charge >= 0.3 is 11.7 Å². The molecule has 7 nitrogen and oxygen atoms in total. The Morgan fingerprint density at radius 3 is 2.55 bits per heavy atom. The quantitative estimate of drug-likeness (QED) is 0.795. The van der Waals surface area contributed by atoms with Gasteiger partial charge in [0.1, 0.15) is 5.78 Å². The van der Waals surface area contributed by atoms with Crippen molar-refractivity contribution in [3.63, 3.8) is 0 Å². The standard InChI is InChI=1S/C13H17N3O4/c1-16-13(19)14-10(15-16)6-20-12(18)9-4-7-2-3-8(5-9)11(7)17/h7-9H,2-6H2,1H3,(H,14,15,19)/t7-,8+,9?. The van der Waals surface area contributed by atoms with Gasteiger partial charge in [-0.05, 0) is 25.7 Å². The third kappa shape index (κ3) is 2.28. The number of carbonyl (C=O) groups excluding carboxylic acids is 2. The molecule has 7 heteroatoms. The number of hydrogen-bond donors (Lipinski definition) is 1. The number of esters is 1.